The minimum absolute atomic E-state index is 0.108. The van der Waals surface area contributed by atoms with Crippen LogP contribution in [0.2, 0.25) is 0 Å². The van der Waals surface area contributed by atoms with Crippen molar-refractivity contribution in [3.05, 3.63) is 48.3 Å². The van der Waals surface area contributed by atoms with Crippen molar-refractivity contribution >= 4 is 11.6 Å². The lowest BCUT2D eigenvalue weighted by atomic mass is 10.2. The summed E-state index contributed by atoms with van der Waals surface area (Å²) in [6.45, 7) is 0.0599. The lowest BCUT2D eigenvalue weighted by molar-refractivity contribution is -0.117. The van der Waals surface area contributed by atoms with E-state index >= 15 is 0 Å². The van der Waals surface area contributed by atoms with E-state index in [0.29, 0.717) is 28.6 Å². The highest BCUT2D eigenvalue weighted by Gasteiger charge is 2.15. The maximum atomic E-state index is 12.9. The van der Waals surface area contributed by atoms with Crippen molar-refractivity contribution in [1.82, 2.24) is 20.2 Å². The molecule has 0 atom stereocenters. The zero-order valence-electron chi connectivity index (χ0n) is 12.8. The van der Waals surface area contributed by atoms with Crippen LogP contribution >= 0.6 is 0 Å². The van der Waals surface area contributed by atoms with Crippen LogP contribution in [0.5, 0.6) is 11.5 Å². The molecule has 9 heteroatoms. The van der Waals surface area contributed by atoms with Crippen LogP contribution in [0.3, 0.4) is 0 Å². The van der Waals surface area contributed by atoms with E-state index in [2.05, 4.69) is 20.7 Å². The highest BCUT2D eigenvalue weighted by molar-refractivity contribution is 5.90. The minimum Gasteiger partial charge on any atom is -0.454 e. The van der Waals surface area contributed by atoms with E-state index in [4.69, 9.17) is 9.47 Å². The Labute approximate surface area is 141 Å². The van der Waals surface area contributed by atoms with E-state index in [9.17, 15) is 9.18 Å². The Morgan fingerprint density at radius 3 is 2.80 bits per heavy atom. The third-order valence-corrected chi connectivity index (χ3v) is 3.50. The van der Waals surface area contributed by atoms with Gasteiger partial charge in [-0.2, -0.15) is 4.80 Å². The number of hydrogen-bond donors (Lipinski definition) is 1. The molecule has 0 saturated heterocycles. The maximum Gasteiger partial charge on any atom is 0.248 e. The molecule has 0 unspecified atom stereocenters. The summed E-state index contributed by atoms with van der Waals surface area (Å²) < 4.78 is 23.4. The van der Waals surface area contributed by atoms with Gasteiger partial charge in [-0.1, -0.05) is 0 Å². The number of anilines is 1. The number of aromatic nitrogens is 4. The summed E-state index contributed by atoms with van der Waals surface area (Å²) in [5, 5.41) is 14.5. The quantitative estimate of drug-likeness (QED) is 0.779. The number of benzene rings is 2. The van der Waals surface area contributed by atoms with Gasteiger partial charge in [-0.05, 0) is 41.6 Å². The average molecular weight is 341 g/mol. The first kappa shape index (κ1) is 15.1. The molecule has 1 amide bonds. The van der Waals surface area contributed by atoms with Gasteiger partial charge < -0.3 is 14.8 Å². The molecular formula is C16H12FN5O3. The Morgan fingerprint density at radius 2 is 1.96 bits per heavy atom. The summed E-state index contributed by atoms with van der Waals surface area (Å²) in [6.07, 6.45) is 0. The SMILES string of the molecule is O=C(Cn1nnc(-c2ccc(F)cc2)n1)Nc1ccc2c(c1)OCO2. The van der Waals surface area contributed by atoms with Crippen molar-refractivity contribution in [3.63, 3.8) is 0 Å². The molecule has 1 aliphatic heterocycles. The van der Waals surface area contributed by atoms with Gasteiger partial charge in [0.15, 0.2) is 11.5 Å². The number of tetrazole rings is 1. The molecule has 0 radical (unpaired) electrons. The van der Waals surface area contributed by atoms with Gasteiger partial charge in [0.1, 0.15) is 12.4 Å². The molecule has 0 fully saturated rings. The van der Waals surface area contributed by atoms with E-state index in [-0.39, 0.29) is 25.1 Å². The standard InChI is InChI=1S/C16H12FN5O3/c17-11-3-1-10(2-4-11)16-19-21-22(20-16)8-15(23)18-12-5-6-13-14(7-12)25-9-24-13/h1-7H,8-9H2,(H,18,23). The van der Waals surface area contributed by atoms with Gasteiger partial charge in [0.25, 0.3) is 0 Å². The summed E-state index contributed by atoms with van der Waals surface area (Å²) in [7, 11) is 0. The van der Waals surface area contributed by atoms with Crippen LogP contribution < -0.4 is 14.8 Å². The molecule has 3 aromatic rings. The number of carbonyl (C=O) groups excluding carboxylic acids is 1. The summed E-state index contributed by atoms with van der Waals surface area (Å²) in [6, 6.07) is 10.8. The Hall–Kier alpha value is -3.49. The largest absolute Gasteiger partial charge is 0.454 e. The smallest absolute Gasteiger partial charge is 0.248 e. The third-order valence-electron chi connectivity index (χ3n) is 3.50. The second-order valence-corrected chi connectivity index (χ2v) is 5.27. The molecule has 2 aromatic carbocycles. The first-order valence-corrected chi connectivity index (χ1v) is 7.41. The van der Waals surface area contributed by atoms with E-state index < -0.39 is 0 Å². The van der Waals surface area contributed by atoms with Gasteiger partial charge in [-0.15, -0.1) is 10.2 Å². The van der Waals surface area contributed by atoms with Gasteiger partial charge >= 0.3 is 0 Å². The van der Waals surface area contributed by atoms with Crippen molar-refractivity contribution in [3.8, 4) is 22.9 Å². The second kappa shape index (κ2) is 6.19. The normalized spacial score (nSPS) is 12.2. The Bertz CT molecular complexity index is 926. The van der Waals surface area contributed by atoms with Gasteiger partial charge in [-0.25, -0.2) is 4.39 Å². The highest BCUT2D eigenvalue weighted by Crippen LogP contribution is 2.34. The number of halogens is 1. The number of carbonyl (C=O) groups is 1. The molecule has 0 saturated carbocycles. The zero-order chi connectivity index (χ0) is 17.2. The van der Waals surface area contributed by atoms with Gasteiger partial charge in [0.05, 0.1) is 0 Å². The molecule has 8 nitrogen and oxygen atoms in total. The monoisotopic (exact) mass is 341 g/mol. The van der Waals surface area contributed by atoms with Gasteiger partial charge in [0.2, 0.25) is 18.5 Å². The van der Waals surface area contributed by atoms with Gasteiger partial charge in [-0.3, -0.25) is 4.79 Å². The van der Waals surface area contributed by atoms with Crippen LogP contribution in [0.15, 0.2) is 42.5 Å². The number of fused-ring (bicyclic) bond motifs is 1. The lowest BCUT2D eigenvalue weighted by Crippen LogP contribution is -2.20. The predicted octanol–water partition coefficient (Wildman–Crippen LogP) is 1.85. The van der Waals surface area contributed by atoms with Crippen molar-refractivity contribution in [1.29, 1.82) is 0 Å². The topological polar surface area (TPSA) is 91.2 Å². The van der Waals surface area contributed by atoms with Crippen molar-refractivity contribution in [2.75, 3.05) is 12.1 Å². The average Bonchev–Trinajstić information content (AvgIpc) is 3.24. The summed E-state index contributed by atoms with van der Waals surface area (Å²) in [5.41, 5.74) is 1.19. The highest BCUT2D eigenvalue weighted by atomic mass is 19.1. The van der Waals surface area contributed by atoms with Crippen LogP contribution in [0.4, 0.5) is 10.1 Å². The van der Waals surface area contributed by atoms with Crippen LogP contribution in [0, 0.1) is 5.82 Å². The molecule has 4 rings (SSSR count). The summed E-state index contributed by atoms with van der Waals surface area (Å²) >= 11 is 0. The van der Waals surface area contributed by atoms with Crippen LogP contribution in [-0.4, -0.2) is 32.9 Å². The number of ether oxygens (including phenoxy) is 2. The van der Waals surface area contributed by atoms with E-state index in [0.717, 1.165) is 0 Å². The molecule has 25 heavy (non-hydrogen) atoms. The molecule has 2 heterocycles. The molecule has 1 aromatic heterocycles. The molecular weight excluding hydrogens is 329 g/mol. The molecule has 1 aliphatic rings. The fourth-order valence-electron chi connectivity index (χ4n) is 2.33. The first-order valence-electron chi connectivity index (χ1n) is 7.41. The fourth-order valence-corrected chi connectivity index (χ4v) is 2.33. The predicted molar refractivity (Wildman–Crippen MR) is 84.4 cm³/mol. The van der Waals surface area contributed by atoms with E-state index in [1.165, 1.54) is 16.9 Å². The summed E-state index contributed by atoms with van der Waals surface area (Å²) in [5.74, 6) is 0.868. The molecule has 0 bridgehead atoms. The van der Waals surface area contributed by atoms with E-state index in [1.807, 2.05) is 0 Å². The van der Waals surface area contributed by atoms with Crippen LogP contribution in [0.1, 0.15) is 0 Å². The van der Waals surface area contributed by atoms with Gasteiger partial charge in [0, 0.05) is 17.3 Å². The Balaban J connectivity index is 1.42. The number of nitrogens with zero attached hydrogens (tertiary/aromatic N) is 4. The Morgan fingerprint density at radius 1 is 1.16 bits per heavy atom. The fraction of sp³-hybridized carbons (Fsp3) is 0.125. The number of hydrogen-bond acceptors (Lipinski definition) is 6. The number of nitrogens with one attached hydrogen (secondary N) is 1. The van der Waals surface area contributed by atoms with Crippen LogP contribution in [-0.2, 0) is 11.3 Å². The minimum atomic E-state index is -0.348. The van der Waals surface area contributed by atoms with E-state index in [1.54, 1.807) is 30.3 Å². The third kappa shape index (κ3) is 3.25. The Kier molecular flexibility index (Phi) is 3.73. The zero-order valence-corrected chi connectivity index (χ0v) is 12.8. The molecule has 1 N–H and O–H groups in total. The first-order chi connectivity index (χ1) is 12.2. The molecule has 126 valence electrons. The maximum absolute atomic E-state index is 12.9. The molecule has 0 spiro atoms. The van der Waals surface area contributed by atoms with Crippen LogP contribution in [0.25, 0.3) is 11.4 Å². The van der Waals surface area contributed by atoms with Crippen molar-refractivity contribution in [2.45, 2.75) is 6.54 Å². The number of amides is 1. The van der Waals surface area contributed by atoms with Crippen molar-refractivity contribution in [2.24, 2.45) is 0 Å². The number of rotatable bonds is 4. The van der Waals surface area contributed by atoms with Crippen molar-refractivity contribution < 1.29 is 18.7 Å². The summed E-state index contributed by atoms with van der Waals surface area (Å²) in [4.78, 5) is 13.3. The molecule has 0 aliphatic carbocycles. The lowest BCUT2D eigenvalue weighted by Gasteiger charge is -2.05. The second-order valence-electron chi connectivity index (χ2n) is 5.27.